The zero-order valence-corrected chi connectivity index (χ0v) is 11.0. The Labute approximate surface area is 112 Å². The first kappa shape index (κ1) is 13.8. The van der Waals surface area contributed by atoms with Gasteiger partial charge in [0, 0.05) is 13.1 Å². The Bertz CT molecular complexity index is 443. The molecule has 19 heavy (non-hydrogen) atoms. The number of hydrogen-bond donors (Lipinski definition) is 2. The lowest BCUT2D eigenvalue weighted by molar-refractivity contribution is 0.0820. The van der Waals surface area contributed by atoms with Gasteiger partial charge in [0.05, 0.1) is 11.8 Å². The molecule has 1 aliphatic rings. The number of nitrogens with one attached hydrogen (secondary N) is 1. The van der Waals surface area contributed by atoms with Gasteiger partial charge in [0.15, 0.2) is 0 Å². The smallest absolute Gasteiger partial charge is 0.321 e. The minimum absolute atomic E-state index is 0.199. The second-order valence-corrected chi connectivity index (χ2v) is 4.98. The molecular formula is C14H19FN2O2. The Kier molecular flexibility index (Phi) is 4.37. The highest BCUT2D eigenvalue weighted by Gasteiger charge is 2.25. The lowest BCUT2D eigenvalue weighted by Crippen LogP contribution is -2.42. The molecule has 1 fully saturated rings. The lowest BCUT2D eigenvalue weighted by atomic mass is 9.92. The van der Waals surface area contributed by atoms with Crippen molar-refractivity contribution >= 4 is 11.7 Å². The Hall–Kier alpha value is -1.62. The molecule has 1 aromatic rings. The molecule has 1 aromatic carbocycles. The van der Waals surface area contributed by atoms with Crippen molar-refractivity contribution < 1.29 is 14.3 Å². The molecule has 0 aliphatic carbocycles. The topological polar surface area (TPSA) is 52.6 Å². The Morgan fingerprint density at radius 2 is 2.05 bits per heavy atom. The third kappa shape index (κ3) is 3.44. The van der Waals surface area contributed by atoms with E-state index >= 15 is 0 Å². The van der Waals surface area contributed by atoms with Crippen LogP contribution >= 0.6 is 0 Å². The summed E-state index contributed by atoms with van der Waals surface area (Å²) in [5, 5.41) is 12.1. The van der Waals surface area contributed by atoms with Gasteiger partial charge in [-0.1, -0.05) is 12.1 Å². The number of piperidine rings is 1. The minimum atomic E-state index is -0.435. The van der Waals surface area contributed by atoms with Crippen LogP contribution in [-0.4, -0.2) is 35.2 Å². The average molecular weight is 266 g/mol. The summed E-state index contributed by atoms with van der Waals surface area (Å²) in [6.07, 6.45) is 1.22. The van der Waals surface area contributed by atoms with Gasteiger partial charge in [-0.2, -0.15) is 0 Å². The van der Waals surface area contributed by atoms with Crippen LogP contribution in [0.5, 0.6) is 0 Å². The molecule has 1 saturated heterocycles. The standard InChI is InChI=1S/C14H19FN2O2/c1-10(18)11-6-8-17(9-7-11)14(19)16-13-5-3-2-4-12(13)15/h2-5,10-11,18H,6-9H2,1H3,(H,16,19). The number of benzene rings is 1. The molecule has 2 amide bonds. The molecule has 104 valence electrons. The Morgan fingerprint density at radius 3 is 2.63 bits per heavy atom. The number of para-hydroxylation sites is 1. The summed E-state index contributed by atoms with van der Waals surface area (Å²) in [6, 6.07) is 5.83. The first-order valence-corrected chi connectivity index (χ1v) is 6.56. The first-order chi connectivity index (χ1) is 9.08. The maximum atomic E-state index is 13.4. The maximum Gasteiger partial charge on any atom is 0.321 e. The van der Waals surface area contributed by atoms with E-state index in [0.717, 1.165) is 12.8 Å². The molecular weight excluding hydrogens is 247 g/mol. The molecule has 1 atom stereocenters. The molecule has 2 rings (SSSR count). The fraction of sp³-hybridized carbons (Fsp3) is 0.500. The van der Waals surface area contributed by atoms with Crippen LogP contribution in [0.2, 0.25) is 0 Å². The lowest BCUT2D eigenvalue weighted by Gasteiger charge is -2.33. The van der Waals surface area contributed by atoms with E-state index < -0.39 is 5.82 Å². The number of likely N-dealkylation sites (tertiary alicyclic amines) is 1. The number of amides is 2. The van der Waals surface area contributed by atoms with E-state index in [4.69, 9.17) is 0 Å². The molecule has 1 heterocycles. The van der Waals surface area contributed by atoms with E-state index in [1.54, 1.807) is 24.0 Å². The second kappa shape index (κ2) is 6.02. The van der Waals surface area contributed by atoms with Gasteiger partial charge in [-0.15, -0.1) is 0 Å². The fourth-order valence-corrected chi connectivity index (χ4v) is 2.34. The van der Waals surface area contributed by atoms with E-state index in [2.05, 4.69) is 5.32 Å². The summed E-state index contributed by atoms with van der Waals surface area (Å²) in [4.78, 5) is 13.6. The van der Waals surface area contributed by atoms with E-state index in [9.17, 15) is 14.3 Å². The van der Waals surface area contributed by atoms with Gasteiger partial charge in [-0.05, 0) is 37.8 Å². The monoisotopic (exact) mass is 266 g/mol. The normalized spacial score (nSPS) is 18.2. The van der Waals surface area contributed by atoms with Crippen molar-refractivity contribution in [1.82, 2.24) is 4.90 Å². The number of halogens is 1. The van der Waals surface area contributed by atoms with Crippen molar-refractivity contribution in [2.45, 2.75) is 25.9 Å². The second-order valence-electron chi connectivity index (χ2n) is 4.98. The SMILES string of the molecule is CC(O)C1CCN(C(=O)Nc2ccccc2F)CC1. The van der Waals surface area contributed by atoms with Crippen LogP contribution in [0.1, 0.15) is 19.8 Å². The van der Waals surface area contributed by atoms with Gasteiger partial charge in [-0.25, -0.2) is 9.18 Å². The molecule has 0 radical (unpaired) electrons. The van der Waals surface area contributed by atoms with Crippen molar-refractivity contribution in [3.8, 4) is 0 Å². The van der Waals surface area contributed by atoms with Crippen molar-refractivity contribution in [1.29, 1.82) is 0 Å². The van der Waals surface area contributed by atoms with Crippen molar-refractivity contribution in [2.75, 3.05) is 18.4 Å². The largest absolute Gasteiger partial charge is 0.393 e. The van der Waals surface area contributed by atoms with Gasteiger partial charge in [0.1, 0.15) is 5.82 Å². The van der Waals surface area contributed by atoms with Crippen LogP contribution in [0.25, 0.3) is 0 Å². The summed E-state index contributed by atoms with van der Waals surface area (Å²) in [6.45, 7) is 2.96. The summed E-state index contributed by atoms with van der Waals surface area (Å²) in [7, 11) is 0. The van der Waals surface area contributed by atoms with Gasteiger partial charge in [-0.3, -0.25) is 0 Å². The molecule has 1 aliphatic heterocycles. The van der Waals surface area contributed by atoms with E-state index in [0.29, 0.717) is 13.1 Å². The molecule has 1 unspecified atom stereocenters. The van der Waals surface area contributed by atoms with Crippen LogP contribution in [0.15, 0.2) is 24.3 Å². The summed E-state index contributed by atoms with van der Waals surface area (Å²) in [5.74, 6) is -0.188. The average Bonchev–Trinajstić information content (AvgIpc) is 2.41. The highest BCUT2D eigenvalue weighted by atomic mass is 19.1. The molecule has 2 N–H and O–H groups in total. The molecule has 0 bridgehead atoms. The van der Waals surface area contributed by atoms with Gasteiger partial charge >= 0.3 is 6.03 Å². The third-order valence-electron chi connectivity index (χ3n) is 3.62. The number of urea groups is 1. The zero-order chi connectivity index (χ0) is 13.8. The number of aliphatic hydroxyl groups excluding tert-OH is 1. The summed E-state index contributed by atoms with van der Waals surface area (Å²) < 4.78 is 13.4. The van der Waals surface area contributed by atoms with Crippen LogP contribution in [0.4, 0.5) is 14.9 Å². The zero-order valence-electron chi connectivity index (χ0n) is 11.0. The quantitative estimate of drug-likeness (QED) is 0.864. The van der Waals surface area contributed by atoms with E-state index in [-0.39, 0.29) is 23.7 Å². The number of aliphatic hydroxyl groups is 1. The molecule has 0 aromatic heterocycles. The Balaban J connectivity index is 1.90. The number of anilines is 1. The van der Waals surface area contributed by atoms with Crippen LogP contribution in [-0.2, 0) is 0 Å². The van der Waals surface area contributed by atoms with Crippen molar-refractivity contribution in [3.05, 3.63) is 30.1 Å². The van der Waals surface area contributed by atoms with E-state index in [1.807, 2.05) is 0 Å². The molecule has 0 spiro atoms. The Morgan fingerprint density at radius 1 is 1.42 bits per heavy atom. The number of hydrogen-bond acceptors (Lipinski definition) is 2. The number of carbonyl (C=O) groups is 1. The first-order valence-electron chi connectivity index (χ1n) is 6.56. The van der Waals surface area contributed by atoms with Crippen molar-refractivity contribution in [2.24, 2.45) is 5.92 Å². The molecule has 4 nitrogen and oxygen atoms in total. The van der Waals surface area contributed by atoms with Crippen LogP contribution < -0.4 is 5.32 Å². The van der Waals surface area contributed by atoms with Gasteiger partial charge in [0.2, 0.25) is 0 Å². The molecule has 5 heteroatoms. The number of nitrogens with zero attached hydrogens (tertiary/aromatic N) is 1. The fourth-order valence-electron chi connectivity index (χ4n) is 2.34. The predicted molar refractivity (Wildman–Crippen MR) is 71.4 cm³/mol. The van der Waals surface area contributed by atoms with Gasteiger partial charge in [0.25, 0.3) is 0 Å². The van der Waals surface area contributed by atoms with E-state index in [1.165, 1.54) is 12.1 Å². The molecule has 0 saturated carbocycles. The number of rotatable bonds is 2. The number of carbonyl (C=O) groups excluding carboxylic acids is 1. The third-order valence-corrected chi connectivity index (χ3v) is 3.62. The maximum absolute atomic E-state index is 13.4. The summed E-state index contributed by atoms with van der Waals surface area (Å²) in [5.41, 5.74) is 0.199. The highest BCUT2D eigenvalue weighted by molar-refractivity contribution is 5.89. The highest BCUT2D eigenvalue weighted by Crippen LogP contribution is 2.21. The van der Waals surface area contributed by atoms with Gasteiger partial charge < -0.3 is 15.3 Å². The van der Waals surface area contributed by atoms with Crippen LogP contribution in [0, 0.1) is 11.7 Å². The predicted octanol–water partition coefficient (Wildman–Crippen LogP) is 2.45. The summed E-state index contributed by atoms with van der Waals surface area (Å²) >= 11 is 0. The minimum Gasteiger partial charge on any atom is -0.393 e. The van der Waals surface area contributed by atoms with Crippen LogP contribution in [0.3, 0.4) is 0 Å². The van der Waals surface area contributed by atoms with Crippen molar-refractivity contribution in [3.63, 3.8) is 0 Å².